The van der Waals surface area contributed by atoms with Gasteiger partial charge in [0.05, 0.1) is 16.3 Å². The third-order valence-electron chi connectivity index (χ3n) is 2.96. The highest BCUT2D eigenvalue weighted by Crippen LogP contribution is 2.29. The van der Waals surface area contributed by atoms with E-state index in [9.17, 15) is 22.8 Å². The van der Waals surface area contributed by atoms with E-state index in [1.807, 2.05) is 30.3 Å². The third-order valence-corrected chi connectivity index (χ3v) is 3.91. The maximum Gasteiger partial charge on any atom is 0.417 e. The zero-order valence-corrected chi connectivity index (χ0v) is 13.7. The van der Waals surface area contributed by atoms with Gasteiger partial charge >= 0.3 is 12.2 Å². The normalized spacial score (nSPS) is 11.0. The van der Waals surface area contributed by atoms with E-state index in [0.29, 0.717) is 6.20 Å². The molecule has 1 aromatic heterocycles. The van der Waals surface area contributed by atoms with Gasteiger partial charge in [0, 0.05) is 12.7 Å². The fraction of sp³-hybridized carbons (Fsp3) is 0.188. The van der Waals surface area contributed by atoms with E-state index < -0.39 is 23.7 Å². The first-order valence-corrected chi connectivity index (χ1v) is 8.11. The number of benzene rings is 1. The number of amides is 3. The number of nitrogens with zero attached hydrogens (tertiary/aromatic N) is 1. The van der Waals surface area contributed by atoms with E-state index in [2.05, 4.69) is 15.6 Å². The predicted octanol–water partition coefficient (Wildman–Crippen LogP) is 3.22. The largest absolute Gasteiger partial charge is 0.417 e. The second-order valence-corrected chi connectivity index (χ2v) is 5.88. The SMILES string of the molecule is O=C(CSc1ccc(C(F)(F)F)cn1)NC(=O)NCc1ccccc1. The summed E-state index contributed by atoms with van der Waals surface area (Å²) >= 11 is 0.934. The zero-order chi connectivity index (χ0) is 18.3. The fourth-order valence-electron chi connectivity index (χ4n) is 1.76. The molecule has 0 aliphatic carbocycles. The second kappa shape index (κ2) is 8.52. The van der Waals surface area contributed by atoms with Crippen molar-refractivity contribution in [3.05, 3.63) is 59.8 Å². The molecule has 3 amide bonds. The van der Waals surface area contributed by atoms with Crippen LogP contribution in [0.1, 0.15) is 11.1 Å². The number of carbonyl (C=O) groups excluding carboxylic acids is 2. The van der Waals surface area contributed by atoms with Gasteiger partial charge in [0.1, 0.15) is 0 Å². The molecule has 0 aliphatic rings. The maximum absolute atomic E-state index is 12.4. The molecule has 9 heteroatoms. The molecule has 1 aromatic carbocycles. The highest BCUT2D eigenvalue weighted by Gasteiger charge is 2.30. The average Bonchev–Trinajstić information content (AvgIpc) is 2.59. The summed E-state index contributed by atoms with van der Waals surface area (Å²) in [6, 6.07) is 10.6. The number of thioether (sulfide) groups is 1. The molecule has 0 saturated heterocycles. The summed E-state index contributed by atoms with van der Waals surface area (Å²) in [6.45, 7) is 0.271. The summed E-state index contributed by atoms with van der Waals surface area (Å²) in [5.74, 6) is -0.714. The Morgan fingerprint density at radius 1 is 1.08 bits per heavy atom. The number of hydrogen-bond donors (Lipinski definition) is 2. The number of nitrogens with one attached hydrogen (secondary N) is 2. The Labute approximate surface area is 146 Å². The van der Waals surface area contributed by atoms with Crippen molar-refractivity contribution < 1.29 is 22.8 Å². The van der Waals surface area contributed by atoms with Crippen LogP contribution in [-0.4, -0.2) is 22.7 Å². The topological polar surface area (TPSA) is 71.1 Å². The van der Waals surface area contributed by atoms with Gasteiger partial charge in [-0.1, -0.05) is 42.1 Å². The number of alkyl halides is 3. The molecule has 0 fully saturated rings. The number of carbonyl (C=O) groups is 2. The lowest BCUT2D eigenvalue weighted by Gasteiger charge is -2.08. The standard InChI is InChI=1S/C16H14F3N3O2S/c17-16(18,19)12-6-7-14(20-9-12)25-10-13(23)22-15(24)21-8-11-4-2-1-3-5-11/h1-7,9H,8,10H2,(H2,21,22,23,24). The van der Waals surface area contributed by atoms with Crippen LogP contribution in [0.4, 0.5) is 18.0 Å². The van der Waals surface area contributed by atoms with Crippen molar-refractivity contribution in [3.63, 3.8) is 0 Å². The molecule has 132 valence electrons. The van der Waals surface area contributed by atoms with Crippen molar-refractivity contribution >= 4 is 23.7 Å². The van der Waals surface area contributed by atoms with Crippen molar-refractivity contribution in [2.24, 2.45) is 0 Å². The molecule has 0 radical (unpaired) electrons. The molecule has 0 saturated carbocycles. The Kier molecular flexibility index (Phi) is 6.40. The molecule has 25 heavy (non-hydrogen) atoms. The molecule has 2 aromatic rings. The highest BCUT2D eigenvalue weighted by molar-refractivity contribution is 7.99. The van der Waals surface area contributed by atoms with Crippen molar-refractivity contribution in [3.8, 4) is 0 Å². The number of halogens is 3. The molecule has 5 nitrogen and oxygen atoms in total. The molecular formula is C16H14F3N3O2S. The Morgan fingerprint density at radius 2 is 1.80 bits per heavy atom. The third kappa shape index (κ3) is 6.46. The van der Waals surface area contributed by atoms with E-state index in [4.69, 9.17) is 0 Å². The fourth-order valence-corrected chi connectivity index (χ4v) is 2.40. The van der Waals surface area contributed by atoms with Crippen LogP contribution in [0.5, 0.6) is 0 Å². The minimum atomic E-state index is -4.45. The van der Waals surface area contributed by atoms with Gasteiger partial charge in [-0.2, -0.15) is 13.2 Å². The maximum atomic E-state index is 12.4. The zero-order valence-electron chi connectivity index (χ0n) is 12.8. The van der Waals surface area contributed by atoms with Crippen LogP contribution in [0, 0.1) is 0 Å². The molecular weight excluding hydrogens is 355 g/mol. The summed E-state index contributed by atoms with van der Waals surface area (Å²) in [4.78, 5) is 26.9. The minimum absolute atomic E-state index is 0.142. The molecule has 2 rings (SSSR count). The van der Waals surface area contributed by atoms with Gasteiger partial charge in [-0.25, -0.2) is 9.78 Å². The molecule has 2 N–H and O–H groups in total. The van der Waals surface area contributed by atoms with Crippen LogP contribution < -0.4 is 10.6 Å². The van der Waals surface area contributed by atoms with E-state index in [0.717, 1.165) is 23.4 Å². The summed E-state index contributed by atoms with van der Waals surface area (Å²) < 4.78 is 37.3. The van der Waals surface area contributed by atoms with Crippen molar-refractivity contribution in [2.75, 3.05) is 5.75 Å². The smallest absolute Gasteiger partial charge is 0.334 e. The number of imide groups is 1. The summed E-state index contributed by atoms with van der Waals surface area (Å²) in [5, 5.41) is 4.93. The van der Waals surface area contributed by atoms with Crippen LogP contribution in [-0.2, 0) is 17.5 Å². The molecule has 0 bridgehead atoms. The van der Waals surface area contributed by atoms with E-state index in [1.165, 1.54) is 6.07 Å². The number of rotatable bonds is 5. The average molecular weight is 369 g/mol. The van der Waals surface area contributed by atoms with Gasteiger partial charge in [0.2, 0.25) is 5.91 Å². The van der Waals surface area contributed by atoms with E-state index in [-0.39, 0.29) is 17.3 Å². The van der Waals surface area contributed by atoms with Crippen LogP contribution in [0.3, 0.4) is 0 Å². The van der Waals surface area contributed by atoms with Crippen molar-refractivity contribution in [1.29, 1.82) is 0 Å². The van der Waals surface area contributed by atoms with Crippen molar-refractivity contribution in [1.82, 2.24) is 15.6 Å². The van der Waals surface area contributed by atoms with Crippen LogP contribution >= 0.6 is 11.8 Å². The van der Waals surface area contributed by atoms with E-state index >= 15 is 0 Å². The first-order chi connectivity index (χ1) is 11.8. The van der Waals surface area contributed by atoms with Gasteiger partial charge < -0.3 is 5.32 Å². The quantitative estimate of drug-likeness (QED) is 0.794. The highest BCUT2D eigenvalue weighted by atomic mass is 32.2. The van der Waals surface area contributed by atoms with Crippen LogP contribution in [0.2, 0.25) is 0 Å². The first kappa shape index (κ1) is 18.8. The number of hydrogen-bond acceptors (Lipinski definition) is 4. The number of urea groups is 1. The molecule has 1 heterocycles. The Hall–Kier alpha value is -2.55. The molecule has 0 aliphatic heterocycles. The van der Waals surface area contributed by atoms with E-state index in [1.54, 1.807) is 0 Å². The molecule has 0 unspecified atom stereocenters. The number of aromatic nitrogens is 1. The summed E-state index contributed by atoms with van der Waals surface area (Å²) in [7, 11) is 0. The lowest BCUT2D eigenvalue weighted by molar-refractivity contribution is -0.137. The van der Waals surface area contributed by atoms with Gasteiger partial charge in [-0.05, 0) is 17.7 Å². The monoisotopic (exact) mass is 369 g/mol. The van der Waals surface area contributed by atoms with Gasteiger partial charge in [-0.3, -0.25) is 10.1 Å². The van der Waals surface area contributed by atoms with Crippen molar-refractivity contribution in [2.45, 2.75) is 17.7 Å². The molecule has 0 spiro atoms. The lowest BCUT2D eigenvalue weighted by Crippen LogP contribution is -2.39. The van der Waals surface area contributed by atoms with Crippen LogP contribution in [0.25, 0.3) is 0 Å². The Morgan fingerprint density at radius 3 is 2.40 bits per heavy atom. The lowest BCUT2D eigenvalue weighted by atomic mass is 10.2. The van der Waals surface area contributed by atoms with Gasteiger partial charge in [0.15, 0.2) is 0 Å². The van der Waals surface area contributed by atoms with Gasteiger partial charge in [0.25, 0.3) is 0 Å². The van der Waals surface area contributed by atoms with Gasteiger partial charge in [-0.15, -0.1) is 0 Å². The Bertz CT molecular complexity index is 722. The first-order valence-electron chi connectivity index (χ1n) is 7.12. The summed E-state index contributed by atoms with van der Waals surface area (Å²) in [5.41, 5.74) is 0.0232. The second-order valence-electron chi connectivity index (χ2n) is 4.89. The molecule has 0 atom stereocenters. The minimum Gasteiger partial charge on any atom is -0.334 e. The number of pyridine rings is 1. The predicted molar refractivity (Wildman–Crippen MR) is 86.8 cm³/mol. The summed E-state index contributed by atoms with van der Waals surface area (Å²) in [6.07, 6.45) is -3.75. The van der Waals surface area contributed by atoms with Crippen LogP contribution in [0.15, 0.2) is 53.7 Å². The Balaban J connectivity index is 1.74.